The van der Waals surface area contributed by atoms with E-state index in [-0.39, 0.29) is 5.91 Å². The van der Waals surface area contributed by atoms with E-state index in [2.05, 4.69) is 10.6 Å². The van der Waals surface area contributed by atoms with E-state index in [4.69, 9.17) is 4.74 Å². The predicted molar refractivity (Wildman–Crippen MR) is 131 cm³/mol. The molecular formula is C27H27N3O3. The van der Waals surface area contributed by atoms with Gasteiger partial charge in [0, 0.05) is 44.0 Å². The molecule has 2 N–H and O–H groups in total. The maximum Gasteiger partial charge on any atom is 0.354 e. The SMILES string of the molecule is COC(=O)C1=C(c2ccccc2CNC(=O)c2ccc(N(C)C)cc2)Cc2ccccc2N1. The molecule has 6 heteroatoms. The van der Waals surface area contributed by atoms with Crippen molar-refractivity contribution in [2.45, 2.75) is 13.0 Å². The van der Waals surface area contributed by atoms with Crippen LogP contribution in [0.4, 0.5) is 11.4 Å². The number of hydrogen-bond acceptors (Lipinski definition) is 5. The van der Waals surface area contributed by atoms with Crippen LogP contribution in [0.25, 0.3) is 5.57 Å². The van der Waals surface area contributed by atoms with Gasteiger partial charge >= 0.3 is 5.97 Å². The van der Waals surface area contributed by atoms with Gasteiger partial charge in [-0.05, 0) is 52.6 Å². The summed E-state index contributed by atoms with van der Waals surface area (Å²) >= 11 is 0. The van der Waals surface area contributed by atoms with E-state index in [0.717, 1.165) is 33.6 Å². The van der Waals surface area contributed by atoms with Gasteiger partial charge in [0.25, 0.3) is 5.91 Å². The minimum absolute atomic E-state index is 0.149. The Morgan fingerprint density at radius 3 is 2.39 bits per heavy atom. The Balaban J connectivity index is 1.60. The molecule has 0 atom stereocenters. The average Bonchev–Trinajstić information content (AvgIpc) is 2.86. The smallest absolute Gasteiger partial charge is 0.354 e. The lowest BCUT2D eigenvalue weighted by molar-refractivity contribution is -0.135. The molecule has 1 aliphatic heterocycles. The number of anilines is 2. The highest BCUT2D eigenvalue weighted by molar-refractivity contribution is 6.03. The highest BCUT2D eigenvalue weighted by Crippen LogP contribution is 2.34. The van der Waals surface area contributed by atoms with Gasteiger partial charge in [0.2, 0.25) is 0 Å². The van der Waals surface area contributed by atoms with Crippen LogP contribution in [0.1, 0.15) is 27.0 Å². The number of esters is 1. The minimum Gasteiger partial charge on any atom is -0.464 e. The Morgan fingerprint density at radius 2 is 1.67 bits per heavy atom. The molecule has 3 aromatic rings. The molecule has 0 spiro atoms. The summed E-state index contributed by atoms with van der Waals surface area (Å²) in [5.74, 6) is -0.566. The van der Waals surface area contributed by atoms with Crippen molar-refractivity contribution in [3.8, 4) is 0 Å². The number of para-hydroxylation sites is 1. The van der Waals surface area contributed by atoms with Gasteiger partial charge in [-0.1, -0.05) is 42.5 Å². The lowest BCUT2D eigenvalue weighted by atomic mass is 9.89. The third-order valence-electron chi connectivity index (χ3n) is 5.76. The minimum atomic E-state index is -0.417. The molecule has 168 valence electrons. The number of fused-ring (bicyclic) bond motifs is 1. The summed E-state index contributed by atoms with van der Waals surface area (Å²) < 4.78 is 5.05. The molecule has 33 heavy (non-hydrogen) atoms. The number of hydrogen-bond donors (Lipinski definition) is 2. The van der Waals surface area contributed by atoms with Crippen molar-refractivity contribution in [1.29, 1.82) is 0 Å². The summed E-state index contributed by atoms with van der Waals surface area (Å²) in [5, 5.41) is 6.25. The van der Waals surface area contributed by atoms with Crippen LogP contribution < -0.4 is 15.5 Å². The zero-order valence-corrected chi connectivity index (χ0v) is 19.0. The second-order valence-electron chi connectivity index (χ2n) is 8.09. The van der Waals surface area contributed by atoms with Crippen LogP contribution in [0.5, 0.6) is 0 Å². The fraction of sp³-hybridized carbons (Fsp3) is 0.185. The molecular weight excluding hydrogens is 414 g/mol. The van der Waals surface area contributed by atoms with E-state index < -0.39 is 5.97 Å². The van der Waals surface area contributed by atoms with Gasteiger partial charge < -0.3 is 20.3 Å². The van der Waals surface area contributed by atoms with Crippen molar-refractivity contribution >= 4 is 28.8 Å². The van der Waals surface area contributed by atoms with Gasteiger partial charge in [-0.15, -0.1) is 0 Å². The summed E-state index contributed by atoms with van der Waals surface area (Å²) in [6, 6.07) is 23.2. The van der Waals surface area contributed by atoms with Gasteiger partial charge in [0.1, 0.15) is 5.70 Å². The van der Waals surface area contributed by atoms with Gasteiger partial charge in [0.05, 0.1) is 7.11 Å². The zero-order chi connectivity index (χ0) is 23.4. The van der Waals surface area contributed by atoms with Crippen LogP contribution in [0, 0.1) is 0 Å². The topological polar surface area (TPSA) is 70.7 Å². The molecule has 0 unspecified atom stereocenters. The predicted octanol–water partition coefficient (Wildman–Crippen LogP) is 4.23. The summed E-state index contributed by atoms with van der Waals surface area (Å²) in [6.45, 7) is 0.337. The third kappa shape index (κ3) is 4.75. The highest BCUT2D eigenvalue weighted by atomic mass is 16.5. The first-order valence-corrected chi connectivity index (χ1v) is 10.8. The van der Waals surface area contributed by atoms with Crippen molar-refractivity contribution in [2.75, 3.05) is 31.4 Å². The number of rotatable bonds is 6. The fourth-order valence-electron chi connectivity index (χ4n) is 3.95. The Bertz CT molecular complexity index is 1210. The summed E-state index contributed by atoms with van der Waals surface area (Å²) in [6.07, 6.45) is 0.588. The van der Waals surface area contributed by atoms with E-state index in [1.54, 1.807) is 0 Å². The Kier molecular flexibility index (Phi) is 6.45. The molecule has 0 radical (unpaired) electrons. The third-order valence-corrected chi connectivity index (χ3v) is 5.76. The molecule has 1 amide bonds. The first-order valence-electron chi connectivity index (χ1n) is 10.8. The molecule has 3 aromatic carbocycles. The number of ether oxygens (including phenoxy) is 1. The van der Waals surface area contributed by atoms with Crippen molar-refractivity contribution in [3.63, 3.8) is 0 Å². The van der Waals surface area contributed by atoms with Gasteiger partial charge in [-0.3, -0.25) is 4.79 Å². The van der Waals surface area contributed by atoms with Gasteiger partial charge in [-0.25, -0.2) is 4.79 Å². The second kappa shape index (κ2) is 9.61. The maximum atomic E-state index is 12.7. The van der Waals surface area contributed by atoms with Crippen molar-refractivity contribution in [3.05, 3.63) is 101 Å². The number of methoxy groups -OCH3 is 1. The quantitative estimate of drug-likeness (QED) is 0.560. The van der Waals surface area contributed by atoms with Crippen LogP contribution in [-0.2, 0) is 22.5 Å². The first-order chi connectivity index (χ1) is 16.0. The molecule has 0 fully saturated rings. The highest BCUT2D eigenvalue weighted by Gasteiger charge is 2.25. The van der Waals surface area contributed by atoms with E-state index in [1.807, 2.05) is 91.8 Å². The summed E-state index contributed by atoms with van der Waals surface area (Å²) in [4.78, 5) is 27.3. The number of nitrogens with one attached hydrogen (secondary N) is 2. The zero-order valence-electron chi connectivity index (χ0n) is 19.0. The van der Waals surface area contributed by atoms with Crippen molar-refractivity contribution in [1.82, 2.24) is 5.32 Å². The van der Waals surface area contributed by atoms with Gasteiger partial charge in [-0.2, -0.15) is 0 Å². The molecule has 4 rings (SSSR count). The summed E-state index contributed by atoms with van der Waals surface area (Å²) in [7, 11) is 5.30. The largest absolute Gasteiger partial charge is 0.464 e. The lowest BCUT2D eigenvalue weighted by Crippen LogP contribution is -2.24. The Hall–Kier alpha value is -4.06. The van der Waals surface area contributed by atoms with E-state index in [1.165, 1.54) is 7.11 Å². The van der Waals surface area contributed by atoms with Crippen molar-refractivity contribution < 1.29 is 14.3 Å². The van der Waals surface area contributed by atoms with Gasteiger partial charge in [0.15, 0.2) is 0 Å². The molecule has 0 aromatic heterocycles. The van der Waals surface area contributed by atoms with E-state index in [9.17, 15) is 9.59 Å². The lowest BCUT2D eigenvalue weighted by Gasteiger charge is -2.25. The number of allylic oxidation sites excluding steroid dienone is 1. The molecule has 1 aliphatic rings. The maximum absolute atomic E-state index is 12.7. The van der Waals surface area contributed by atoms with Crippen LogP contribution in [-0.4, -0.2) is 33.1 Å². The number of carbonyl (C=O) groups excluding carboxylic acids is 2. The average molecular weight is 442 g/mol. The van der Waals surface area contributed by atoms with Crippen LogP contribution in [0.15, 0.2) is 78.5 Å². The number of carbonyl (C=O) groups is 2. The number of nitrogens with zero attached hydrogens (tertiary/aromatic N) is 1. The monoisotopic (exact) mass is 441 g/mol. The molecule has 0 aliphatic carbocycles. The second-order valence-corrected chi connectivity index (χ2v) is 8.09. The Labute approximate surface area is 193 Å². The van der Waals surface area contributed by atoms with Crippen molar-refractivity contribution in [2.24, 2.45) is 0 Å². The molecule has 0 saturated heterocycles. The van der Waals surface area contributed by atoms with E-state index >= 15 is 0 Å². The normalized spacial score (nSPS) is 12.5. The number of benzene rings is 3. The molecule has 1 heterocycles. The van der Waals surface area contributed by atoms with E-state index in [0.29, 0.717) is 24.2 Å². The van der Waals surface area contributed by atoms with Crippen LogP contribution >= 0.6 is 0 Å². The van der Waals surface area contributed by atoms with Crippen LogP contribution in [0.2, 0.25) is 0 Å². The van der Waals surface area contributed by atoms with Crippen LogP contribution in [0.3, 0.4) is 0 Å². The molecule has 0 bridgehead atoms. The fourth-order valence-corrected chi connectivity index (χ4v) is 3.95. The Morgan fingerprint density at radius 1 is 0.970 bits per heavy atom. The molecule has 0 saturated carbocycles. The standard InChI is InChI=1S/C27H27N3O3/c1-30(2)21-14-12-18(13-15-21)26(31)28-17-20-9-4-6-10-22(20)23-16-19-8-5-7-11-24(19)29-25(23)27(32)33-3/h4-15,29H,16-17H2,1-3H3,(H,28,31). The first kappa shape index (κ1) is 22.1. The molecule has 6 nitrogen and oxygen atoms in total. The summed E-state index contributed by atoms with van der Waals surface area (Å²) in [5.41, 5.74) is 6.73. The number of amides is 1.